The predicted octanol–water partition coefficient (Wildman–Crippen LogP) is 3.24. The Hall–Kier alpha value is -2.58. The third-order valence-electron chi connectivity index (χ3n) is 5.21. The molecule has 1 N–H and O–H groups in total. The third kappa shape index (κ3) is 7.56. The quantitative estimate of drug-likeness (QED) is 0.568. The first-order chi connectivity index (χ1) is 14.9. The molecule has 3 rings (SSSR count). The number of carbonyl (C=O) groups is 1. The molecule has 7 nitrogen and oxygen atoms in total. The number of hydrogen-bond acceptors (Lipinski definition) is 5. The summed E-state index contributed by atoms with van der Waals surface area (Å²) in [6.45, 7) is 3.50. The van der Waals surface area contributed by atoms with Gasteiger partial charge < -0.3 is 15.0 Å². The van der Waals surface area contributed by atoms with Crippen molar-refractivity contribution in [1.29, 1.82) is 0 Å². The number of rotatable bonds is 10. The first-order valence-corrected chi connectivity index (χ1v) is 12.6. The molecule has 168 valence electrons. The molecule has 0 spiro atoms. The SMILES string of the molecule is CS(=O)(=O)N(CC(=O)NCCCN1CCCCC1)c1ccc(Oc2ccccc2)cc1. The number of piperidine rings is 1. The lowest BCUT2D eigenvalue weighted by atomic mass is 10.1. The summed E-state index contributed by atoms with van der Waals surface area (Å²) < 4.78 is 31.4. The average molecular weight is 446 g/mol. The number of anilines is 1. The number of sulfonamides is 1. The Morgan fingerprint density at radius 1 is 1.00 bits per heavy atom. The number of benzene rings is 2. The molecule has 8 heteroatoms. The summed E-state index contributed by atoms with van der Waals surface area (Å²) >= 11 is 0. The van der Waals surface area contributed by atoms with E-state index in [2.05, 4.69) is 10.2 Å². The molecule has 0 saturated carbocycles. The van der Waals surface area contributed by atoms with E-state index in [-0.39, 0.29) is 12.5 Å². The van der Waals surface area contributed by atoms with Gasteiger partial charge in [0.25, 0.3) is 0 Å². The van der Waals surface area contributed by atoms with Gasteiger partial charge in [-0.25, -0.2) is 8.42 Å². The van der Waals surface area contributed by atoms with Gasteiger partial charge >= 0.3 is 0 Å². The van der Waals surface area contributed by atoms with Crippen LogP contribution < -0.4 is 14.4 Å². The van der Waals surface area contributed by atoms with Gasteiger partial charge in [-0.15, -0.1) is 0 Å². The van der Waals surface area contributed by atoms with E-state index < -0.39 is 10.0 Å². The van der Waals surface area contributed by atoms with Gasteiger partial charge in [0.1, 0.15) is 18.0 Å². The van der Waals surface area contributed by atoms with Gasteiger partial charge in [-0.3, -0.25) is 9.10 Å². The molecule has 2 aromatic rings. The van der Waals surface area contributed by atoms with E-state index in [9.17, 15) is 13.2 Å². The predicted molar refractivity (Wildman–Crippen MR) is 123 cm³/mol. The highest BCUT2D eigenvalue weighted by molar-refractivity contribution is 7.92. The molecule has 1 heterocycles. The van der Waals surface area contributed by atoms with Gasteiger partial charge in [-0.1, -0.05) is 24.6 Å². The van der Waals surface area contributed by atoms with Crippen molar-refractivity contribution in [3.05, 3.63) is 54.6 Å². The Morgan fingerprint density at radius 2 is 1.65 bits per heavy atom. The second-order valence-corrected chi connectivity index (χ2v) is 9.69. The zero-order valence-corrected chi connectivity index (χ0v) is 18.8. The molecule has 1 aliphatic heterocycles. The first kappa shape index (κ1) is 23.1. The summed E-state index contributed by atoms with van der Waals surface area (Å²) in [4.78, 5) is 14.8. The van der Waals surface area contributed by atoms with E-state index >= 15 is 0 Å². The minimum absolute atomic E-state index is 0.249. The fourth-order valence-electron chi connectivity index (χ4n) is 3.60. The summed E-state index contributed by atoms with van der Waals surface area (Å²) in [5, 5.41) is 2.84. The number of nitrogens with one attached hydrogen (secondary N) is 1. The van der Waals surface area contributed by atoms with Crippen molar-refractivity contribution < 1.29 is 17.9 Å². The molecule has 2 aromatic carbocycles. The van der Waals surface area contributed by atoms with Crippen molar-refractivity contribution in [2.75, 3.05) is 43.3 Å². The Kier molecular flexibility index (Phi) is 8.31. The highest BCUT2D eigenvalue weighted by Crippen LogP contribution is 2.25. The van der Waals surface area contributed by atoms with Crippen molar-refractivity contribution in [3.63, 3.8) is 0 Å². The Bertz CT molecular complexity index is 927. The second-order valence-electron chi connectivity index (χ2n) is 7.78. The van der Waals surface area contributed by atoms with Crippen LogP contribution in [0.4, 0.5) is 5.69 Å². The minimum atomic E-state index is -3.61. The third-order valence-corrected chi connectivity index (χ3v) is 6.35. The van der Waals surface area contributed by atoms with E-state index in [0.29, 0.717) is 23.7 Å². The summed E-state index contributed by atoms with van der Waals surface area (Å²) in [6.07, 6.45) is 5.74. The standard InChI is InChI=1S/C23H31N3O4S/c1-31(28,29)26(19-23(27)24-15-8-18-25-16-6-3-7-17-25)20-11-13-22(14-12-20)30-21-9-4-2-5-10-21/h2,4-5,9-14H,3,6-8,15-19H2,1H3,(H,24,27). The van der Waals surface area contributed by atoms with Crippen molar-refractivity contribution in [2.45, 2.75) is 25.7 Å². The number of likely N-dealkylation sites (tertiary alicyclic amines) is 1. The van der Waals surface area contributed by atoms with E-state index in [1.165, 1.54) is 19.3 Å². The van der Waals surface area contributed by atoms with E-state index in [0.717, 1.165) is 36.6 Å². The van der Waals surface area contributed by atoms with Crippen LogP contribution in [0, 0.1) is 0 Å². The molecular formula is C23H31N3O4S. The van der Waals surface area contributed by atoms with Crippen molar-refractivity contribution in [2.24, 2.45) is 0 Å². The van der Waals surface area contributed by atoms with E-state index in [4.69, 9.17) is 4.74 Å². The molecule has 0 radical (unpaired) electrons. The van der Waals surface area contributed by atoms with Crippen molar-refractivity contribution >= 4 is 21.6 Å². The van der Waals surface area contributed by atoms with Gasteiger partial charge in [0.05, 0.1) is 11.9 Å². The largest absolute Gasteiger partial charge is 0.457 e. The fraction of sp³-hybridized carbons (Fsp3) is 0.435. The zero-order valence-electron chi connectivity index (χ0n) is 18.0. The molecule has 1 amide bonds. The van der Waals surface area contributed by atoms with Gasteiger partial charge in [-0.2, -0.15) is 0 Å². The Morgan fingerprint density at radius 3 is 2.29 bits per heavy atom. The van der Waals surface area contributed by atoms with Gasteiger partial charge in [-0.05, 0) is 75.3 Å². The second kappa shape index (κ2) is 11.2. The van der Waals surface area contributed by atoms with Crippen LogP contribution in [0.25, 0.3) is 0 Å². The maximum Gasteiger partial charge on any atom is 0.240 e. The molecule has 31 heavy (non-hydrogen) atoms. The molecule has 1 saturated heterocycles. The normalized spacial score (nSPS) is 14.7. The van der Waals surface area contributed by atoms with Crippen LogP contribution in [0.15, 0.2) is 54.6 Å². The molecule has 0 aromatic heterocycles. The number of ether oxygens (including phenoxy) is 1. The summed E-state index contributed by atoms with van der Waals surface area (Å²) in [7, 11) is -3.61. The van der Waals surface area contributed by atoms with Crippen LogP contribution in [0.3, 0.4) is 0 Å². The topological polar surface area (TPSA) is 79.0 Å². The number of hydrogen-bond donors (Lipinski definition) is 1. The number of carbonyl (C=O) groups excluding carboxylic acids is 1. The van der Waals surface area contributed by atoms with Crippen LogP contribution >= 0.6 is 0 Å². The van der Waals surface area contributed by atoms with Crippen LogP contribution in [0.1, 0.15) is 25.7 Å². The lowest BCUT2D eigenvalue weighted by Crippen LogP contribution is -2.41. The van der Waals surface area contributed by atoms with Crippen LogP contribution in [0.2, 0.25) is 0 Å². The van der Waals surface area contributed by atoms with Gasteiger partial charge in [0.15, 0.2) is 0 Å². The van der Waals surface area contributed by atoms with Gasteiger partial charge in [0, 0.05) is 6.54 Å². The molecule has 0 atom stereocenters. The molecule has 1 aliphatic rings. The smallest absolute Gasteiger partial charge is 0.240 e. The van der Waals surface area contributed by atoms with Crippen LogP contribution in [-0.2, 0) is 14.8 Å². The van der Waals surface area contributed by atoms with Crippen LogP contribution in [0.5, 0.6) is 11.5 Å². The van der Waals surface area contributed by atoms with E-state index in [1.54, 1.807) is 24.3 Å². The molecule has 0 unspecified atom stereocenters. The first-order valence-electron chi connectivity index (χ1n) is 10.7. The lowest BCUT2D eigenvalue weighted by Gasteiger charge is -2.26. The average Bonchev–Trinajstić information content (AvgIpc) is 2.76. The summed E-state index contributed by atoms with van der Waals surface area (Å²) in [6, 6.07) is 16.0. The molecular weight excluding hydrogens is 414 g/mol. The van der Waals surface area contributed by atoms with E-state index in [1.807, 2.05) is 30.3 Å². The number of nitrogens with zero attached hydrogens (tertiary/aromatic N) is 2. The maximum absolute atomic E-state index is 12.4. The van der Waals surface area contributed by atoms with Crippen molar-refractivity contribution in [1.82, 2.24) is 10.2 Å². The summed E-state index contributed by atoms with van der Waals surface area (Å²) in [5.41, 5.74) is 0.423. The molecule has 0 aliphatic carbocycles. The lowest BCUT2D eigenvalue weighted by molar-refractivity contribution is -0.119. The Labute approximate surface area is 185 Å². The van der Waals surface area contributed by atoms with Gasteiger partial charge in [0.2, 0.25) is 15.9 Å². The van der Waals surface area contributed by atoms with Crippen LogP contribution in [-0.4, -0.2) is 58.2 Å². The molecule has 1 fully saturated rings. The zero-order chi connectivity index (χ0) is 22.1. The summed E-state index contributed by atoms with van der Waals surface area (Å²) in [5.74, 6) is 0.971. The minimum Gasteiger partial charge on any atom is -0.457 e. The monoisotopic (exact) mass is 445 g/mol. The maximum atomic E-state index is 12.4. The highest BCUT2D eigenvalue weighted by Gasteiger charge is 2.21. The molecule has 0 bridgehead atoms. The fourth-order valence-corrected chi connectivity index (χ4v) is 4.46. The Balaban J connectivity index is 1.53. The highest BCUT2D eigenvalue weighted by atomic mass is 32.2. The number of amides is 1. The number of para-hydroxylation sites is 1. The van der Waals surface area contributed by atoms with Crippen molar-refractivity contribution in [3.8, 4) is 11.5 Å².